The predicted molar refractivity (Wildman–Crippen MR) is 49.6 cm³/mol. The molecule has 0 bridgehead atoms. The number of carbonyl (C=O) groups is 1. The molecule has 1 N–H and O–H groups in total. The Morgan fingerprint density at radius 1 is 1.69 bits per heavy atom. The third-order valence-corrected chi connectivity index (χ3v) is 1.41. The molecule has 1 rings (SSSR count). The van der Waals surface area contributed by atoms with E-state index in [1.54, 1.807) is 19.2 Å². The van der Waals surface area contributed by atoms with Gasteiger partial charge in [-0.05, 0) is 18.2 Å². The minimum Gasteiger partial charge on any atom is -0.495 e. The van der Waals surface area contributed by atoms with Gasteiger partial charge in [-0.3, -0.25) is 4.79 Å². The minimum absolute atomic E-state index is 0.280. The van der Waals surface area contributed by atoms with Crippen molar-refractivity contribution in [3.63, 3.8) is 0 Å². The second-order valence-corrected chi connectivity index (χ2v) is 2.28. The van der Waals surface area contributed by atoms with Crippen molar-refractivity contribution in [1.82, 2.24) is 4.98 Å². The lowest BCUT2D eigenvalue weighted by Crippen LogP contribution is -2.08. The second kappa shape index (κ2) is 4.25. The van der Waals surface area contributed by atoms with Crippen molar-refractivity contribution in [3.8, 4) is 5.75 Å². The lowest BCUT2D eigenvalue weighted by molar-refractivity contribution is -0.111. The van der Waals surface area contributed by atoms with Crippen LogP contribution in [-0.2, 0) is 4.79 Å². The quantitative estimate of drug-likeness (QED) is 0.708. The van der Waals surface area contributed by atoms with Crippen LogP contribution in [0.25, 0.3) is 0 Å². The summed E-state index contributed by atoms with van der Waals surface area (Å²) in [5.41, 5.74) is 0. The van der Waals surface area contributed by atoms with Crippen LogP contribution in [0.4, 0.5) is 5.82 Å². The van der Waals surface area contributed by atoms with Crippen LogP contribution in [0.15, 0.2) is 31.0 Å². The molecule has 4 heteroatoms. The van der Waals surface area contributed by atoms with E-state index in [9.17, 15) is 4.79 Å². The monoisotopic (exact) mass is 178 g/mol. The first-order valence-corrected chi connectivity index (χ1v) is 3.69. The average molecular weight is 178 g/mol. The van der Waals surface area contributed by atoms with E-state index in [-0.39, 0.29) is 5.91 Å². The lowest BCUT2D eigenvalue weighted by atomic mass is 10.4. The first kappa shape index (κ1) is 9.25. The molecular weight excluding hydrogens is 168 g/mol. The second-order valence-electron chi connectivity index (χ2n) is 2.28. The summed E-state index contributed by atoms with van der Waals surface area (Å²) in [5, 5.41) is 2.52. The molecule has 1 amide bonds. The van der Waals surface area contributed by atoms with E-state index in [4.69, 9.17) is 4.74 Å². The number of aromatic nitrogens is 1. The molecule has 0 atom stereocenters. The number of pyridine rings is 1. The molecule has 0 saturated carbocycles. The van der Waals surface area contributed by atoms with E-state index < -0.39 is 0 Å². The zero-order valence-electron chi connectivity index (χ0n) is 7.28. The lowest BCUT2D eigenvalue weighted by Gasteiger charge is -2.01. The highest BCUT2D eigenvalue weighted by Crippen LogP contribution is 2.10. The first-order valence-electron chi connectivity index (χ1n) is 3.69. The van der Waals surface area contributed by atoms with Crippen LogP contribution in [0.3, 0.4) is 0 Å². The molecule has 0 aliphatic carbocycles. The fourth-order valence-electron chi connectivity index (χ4n) is 0.752. The topological polar surface area (TPSA) is 51.2 Å². The normalized spacial score (nSPS) is 9.00. The summed E-state index contributed by atoms with van der Waals surface area (Å²) >= 11 is 0. The van der Waals surface area contributed by atoms with Crippen LogP contribution in [-0.4, -0.2) is 18.0 Å². The zero-order valence-corrected chi connectivity index (χ0v) is 7.28. The molecule has 0 fully saturated rings. The number of nitrogens with zero attached hydrogens (tertiary/aromatic N) is 1. The van der Waals surface area contributed by atoms with Crippen LogP contribution >= 0.6 is 0 Å². The first-order chi connectivity index (χ1) is 6.26. The van der Waals surface area contributed by atoms with E-state index in [1.807, 2.05) is 0 Å². The molecule has 4 nitrogen and oxygen atoms in total. The Hall–Kier alpha value is -1.84. The molecule has 13 heavy (non-hydrogen) atoms. The third-order valence-electron chi connectivity index (χ3n) is 1.41. The van der Waals surface area contributed by atoms with Crippen LogP contribution in [0.1, 0.15) is 0 Å². The Morgan fingerprint density at radius 2 is 2.46 bits per heavy atom. The molecule has 0 aliphatic rings. The van der Waals surface area contributed by atoms with E-state index in [1.165, 1.54) is 12.3 Å². The smallest absolute Gasteiger partial charge is 0.248 e. The fourth-order valence-corrected chi connectivity index (χ4v) is 0.752. The maximum atomic E-state index is 10.8. The van der Waals surface area contributed by atoms with Gasteiger partial charge in [0.1, 0.15) is 11.6 Å². The van der Waals surface area contributed by atoms with Gasteiger partial charge in [0.15, 0.2) is 0 Å². The maximum Gasteiger partial charge on any atom is 0.248 e. The van der Waals surface area contributed by atoms with Gasteiger partial charge in [0.2, 0.25) is 5.91 Å². The number of nitrogens with one attached hydrogen (secondary N) is 1. The van der Waals surface area contributed by atoms with Crippen LogP contribution in [0.2, 0.25) is 0 Å². The minimum atomic E-state index is -0.280. The van der Waals surface area contributed by atoms with Gasteiger partial charge in [0.25, 0.3) is 0 Å². The SMILES string of the molecule is C=CC(=O)Nc1ccc(OC)cn1. The van der Waals surface area contributed by atoms with Crippen molar-refractivity contribution < 1.29 is 9.53 Å². The fraction of sp³-hybridized carbons (Fsp3) is 0.111. The van der Waals surface area contributed by atoms with Crippen molar-refractivity contribution in [3.05, 3.63) is 31.0 Å². The highest BCUT2D eigenvalue weighted by molar-refractivity contribution is 5.98. The summed E-state index contributed by atoms with van der Waals surface area (Å²) in [5.74, 6) is 0.847. The van der Waals surface area contributed by atoms with Crippen molar-refractivity contribution in [2.45, 2.75) is 0 Å². The number of methoxy groups -OCH3 is 1. The van der Waals surface area contributed by atoms with Gasteiger partial charge in [-0.1, -0.05) is 6.58 Å². The molecule has 0 unspecified atom stereocenters. The number of rotatable bonds is 3. The molecule has 1 heterocycles. The summed E-state index contributed by atoms with van der Waals surface area (Å²) < 4.78 is 4.91. The summed E-state index contributed by atoms with van der Waals surface area (Å²) in [7, 11) is 1.55. The summed E-state index contributed by atoms with van der Waals surface area (Å²) in [6, 6.07) is 3.37. The molecular formula is C9H10N2O2. The van der Waals surface area contributed by atoms with E-state index in [0.717, 1.165) is 0 Å². The van der Waals surface area contributed by atoms with Gasteiger partial charge in [-0.25, -0.2) is 4.98 Å². The van der Waals surface area contributed by atoms with Crippen LogP contribution in [0.5, 0.6) is 5.75 Å². The van der Waals surface area contributed by atoms with Crippen molar-refractivity contribution in [1.29, 1.82) is 0 Å². The highest BCUT2D eigenvalue weighted by atomic mass is 16.5. The number of amides is 1. The molecule has 0 saturated heterocycles. The van der Waals surface area contributed by atoms with Gasteiger partial charge in [0, 0.05) is 0 Å². The Morgan fingerprint density at radius 3 is 2.92 bits per heavy atom. The van der Waals surface area contributed by atoms with Gasteiger partial charge in [0.05, 0.1) is 13.3 Å². The predicted octanol–water partition coefficient (Wildman–Crippen LogP) is 1.21. The van der Waals surface area contributed by atoms with E-state index in [0.29, 0.717) is 11.6 Å². The third kappa shape index (κ3) is 2.59. The maximum absolute atomic E-state index is 10.8. The number of ether oxygens (including phenoxy) is 1. The largest absolute Gasteiger partial charge is 0.495 e. The Balaban J connectivity index is 2.69. The number of carbonyl (C=O) groups excluding carboxylic acids is 1. The van der Waals surface area contributed by atoms with Crippen molar-refractivity contribution in [2.75, 3.05) is 12.4 Å². The summed E-state index contributed by atoms with van der Waals surface area (Å²) in [6.07, 6.45) is 2.71. The molecule has 68 valence electrons. The Kier molecular flexibility index (Phi) is 3.03. The Bertz CT molecular complexity index is 306. The van der Waals surface area contributed by atoms with E-state index >= 15 is 0 Å². The number of hydrogen-bond acceptors (Lipinski definition) is 3. The molecule has 1 aromatic rings. The Labute approximate surface area is 76.2 Å². The van der Waals surface area contributed by atoms with Crippen LogP contribution in [0, 0.1) is 0 Å². The van der Waals surface area contributed by atoms with Gasteiger partial charge in [-0.15, -0.1) is 0 Å². The average Bonchev–Trinajstić information content (AvgIpc) is 2.19. The number of anilines is 1. The van der Waals surface area contributed by atoms with Gasteiger partial charge >= 0.3 is 0 Å². The summed E-state index contributed by atoms with van der Waals surface area (Å²) in [6.45, 7) is 3.33. The molecule has 1 aromatic heterocycles. The molecule has 0 aliphatic heterocycles. The summed E-state index contributed by atoms with van der Waals surface area (Å²) in [4.78, 5) is 14.8. The van der Waals surface area contributed by atoms with Crippen molar-refractivity contribution in [2.24, 2.45) is 0 Å². The number of hydrogen-bond donors (Lipinski definition) is 1. The van der Waals surface area contributed by atoms with Crippen LogP contribution < -0.4 is 10.1 Å². The zero-order chi connectivity index (χ0) is 9.68. The molecule has 0 aromatic carbocycles. The molecule has 0 spiro atoms. The van der Waals surface area contributed by atoms with Gasteiger partial charge < -0.3 is 10.1 Å². The van der Waals surface area contributed by atoms with E-state index in [2.05, 4.69) is 16.9 Å². The standard InChI is InChI=1S/C9H10N2O2/c1-3-9(12)11-8-5-4-7(13-2)6-10-8/h3-6H,1H2,2H3,(H,10,11,12). The molecule has 0 radical (unpaired) electrons. The van der Waals surface area contributed by atoms with Crippen molar-refractivity contribution >= 4 is 11.7 Å². The highest BCUT2D eigenvalue weighted by Gasteiger charge is 1.97. The van der Waals surface area contributed by atoms with Gasteiger partial charge in [-0.2, -0.15) is 0 Å².